The van der Waals surface area contributed by atoms with Crippen LogP contribution in [0.4, 0.5) is 14.5 Å². The first-order valence-electron chi connectivity index (χ1n) is 5.47. The van der Waals surface area contributed by atoms with Crippen molar-refractivity contribution in [2.24, 2.45) is 0 Å². The second-order valence-corrected chi connectivity index (χ2v) is 5.76. The second-order valence-electron chi connectivity index (χ2n) is 4.08. The molecule has 0 aliphatic rings. The van der Waals surface area contributed by atoms with Crippen LogP contribution < -0.4 is 10.3 Å². The zero-order chi connectivity index (χ0) is 14.9. The Morgan fingerprint density at radius 3 is 2.45 bits per heavy atom. The standard InChI is InChI=1S/C12H10F2N2O3S/c1-7-4-10(14)11(5-9(7)13)16-20(18,19)8-2-3-12(17)15-6-8/h2-6,16H,1H3,(H,15,17). The molecule has 0 saturated heterocycles. The Bertz CT molecular complexity index is 795. The summed E-state index contributed by atoms with van der Waals surface area (Å²) < 4.78 is 52.7. The second kappa shape index (κ2) is 5.04. The van der Waals surface area contributed by atoms with Gasteiger partial charge >= 0.3 is 0 Å². The van der Waals surface area contributed by atoms with Gasteiger partial charge in [0.15, 0.2) is 0 Å². The van der Waals surface area contributed by atoms with Gasteiger partial charge in [0.05, 0.1) is 5.69 Å². The van der Waals surface area contributed by atoms with Crippen molar-refractivity contribution in [3.05, 3.63) is 58.0 Å². The van der Waals surface area contributed by atoms with Gasteiger partial charge in [-0.1, -0.05) is 0 Å². The van der Waals surface area contributed by atoms with Gasteiger partial charge in [0.1, 0.15) is 16.5 Å². The Hall–Kier alpha value is -2.22. The molecule has 0 bridgehead atoms. The average molecular weight is 300 g/mol. The Morgan fingerprint density at radius 2 is 1.85 bits per heavy atom. The van der Waals surface area contributed by atoms with Crippen LogP contribution in [0.5, 0.6) is 0 Å². The molecule has 5 nitrogen and oxygen atoms in total. The highest BCUT2D eigenvalue weighted by Gasteiger charge is 2.17. The van der Waals surface area contributed by atoms with Gasteiger partial charge < -0.3 is 4.98 Å². The molecule has 0 unspecified atom stereocenters. The number of anilines is 1. The van der Waals surface area contributed by atoms with E-state index in [-0.39, 0.29) is 10.5 Å². The quantitative estimate of drug-likeness (QED) is 0.906. The number of benzene rings is 1. The van der Waals surface area contributed by atoms with Gasteiger partial charge in [-0.15, -0.1) is 0 Å². The number of aryl methyl sites for hydroxylation is 1. The van der Waals surface area contributed by atoms with Gasteiger partial charge in [-0.25, -0.2) is 17.2 Å². The molecule has 0 amide bonds. The van der Waals surface area contributed by atoms with Crippen LogP contribution in [0.2, 0.25) is 0 Å². The van der Waals surface area contributed by atoms with Crippen molar-refractivity contribution in [1.82, 2.24) is 4.98 Å². The fourth-order valence-corrected chi connectivity index (χ4v) is 2.52. The summed E-state index contributed by atoms with van der Waals surface area (Å²) in [4.78, 5) is 12.8. The minimum atomic E-state index is -4.11. The molecule has 8 heteroatoms. The highest BCUT2D eigenvalue weighted by Crippen LogP contribution is 2.21. The molecule has 0 fully saturated rings. The van der Waals surface area contributed by atoms with E-state index in [1.165, 1.54) is 6.92 Å². The first-order valence-corrected chi connectivity index (χ1v) is 6.95. The van der Waals surface area contributed by atoms with Crippen LogP contribution in [-0.4, -0.2) is 13.4 Å². The highest BCUT2D eigenvalue weighted by atomic mass is 32.2. The number of rotatable bonds is 3. The number of halogens is 2. The SMILES string of the molecule is Cc1cc(F)c(NS(=O)(=O)c2ccc(=O)[nH]c2)cc1F. The van der Waals surface area contributed by atoms with Crippen molar-refractivity contribution in [3.63, 3.8) is 0 Å². The van der Waals surface area contributed by atoms with Crippen molar-refractivity contribution in [3.8, 4) is 0 Å². The van der Waals surface area contributed by atoms with Crippen LogP contribution >= 0.6 is 0 Å². The summed E-state index contributed by atoms with van der Waals surface area (Å²) in [6, 6.07) is 3.72. The van der Waals surface area contributed by atoms with Crippen LogP contribution in [0.1, 0.15) is 5.56 Å². The van der Waals surface area contributed by atoms with Crippen LogP contribution in [0.3, 0.4) is 0 Å². The van der Waals surface area contributed by atoms with E-state index >= 15 is 0 Å². The van der Waals surface area contributed by atoms with E-state index in [4.69, 9.17) is 0 Å². The molecule has 1 aromatic heterocycles. The third kappa shape index (κ3) is 2.85. The zero-order valence-electron chi connectivity index (χ0n) is 10.3. The average Bonchev–Trinajstić information content (AvgIpc) is 2.36. The van der Waals surface area contributed by atoms with Crippen LogP contribution in [0.15, 0.2) is 40.2 Å². The number of hydrogen-bond donors (Lipinski definition) is 2. The number of H-pyrrole nitrogens is 1. The molecule has 0 spiro atoms. The maximum atomic E-state index is 13.6. The molecule has 20 heavy (non-hydrogen) atoms. The van der Waals surface area contributed by atoms with E-state index in [0.717, 1.165) is 30.5 Å². The fraction of sp³-hybridized carbons (Fsp3) is 0.0833. The highest BCUT2D eigenvalue weighted by molar-refractivity contribution is 7.92. The first-order chi connectivity index (χ1) is 9.29. The van der Waals surface area contributed by atoms with Crippen LogP contribution in [-0.2, 0) is 10.0 Å². The summed E-state index contributed by atoms with van der Waals surface area (Å²) in [6.07, 6.45) is 0.965. The Balaban J connectivity index is 2.40. The van der Waals surface area contributed by atoms with E-state index in [9.17, 15) is 22.0 Å². The molecule has 0 aliphatic carbocycles. The molecular formula is C12H10F2N2O3S. The molecule has 106 valence electrons. The minimum absolute atomic E-state index is 0.0643. The zero-order valence-corrected chi connectivity index (χ0v) is 11.1. The third-order valence-electron chi connectivity index (χ3n) is 2.56. The smallest absolute Gasteiger partial charge is 0.263 e. The van der Waals surface area contributed by atoms with Gasteiger partial charge in [0.25, 0.3) is 10.0 Å². The lowest BCUT2D eigenvalue weighted by Gasteiger charge is -2.09. The largest absolute Gasteiger partial charge is 0.328 e. The first kappa shape index (κ1) is 14.2. The van der Waals surface area contributed by atoms with Gasteiger partial charge in [0, 0.05) is 18.3 Å². The van der Waals surface area contributed by atoms with Crippen LogP contribution in [0, 0.1) is 18.6 Å². The molecular weight excluding hydrogens is 290 g/mol. The lowest BCUT2D eigenvalue weighted by Crippen LogP contribution is -2.16. The predicted octanol–water partition coefficient (Wildman–Crippen LogP) is 1.76. The molecule has 1 heterocycles. The number of aromatic amines is 1. The van der Waals surface area contributed by atoms with Gasteiger partial charge in [0.2, 0.25) is 5.56 Å². The molecule has 0 saturated carbocycles. The third-order valence-corrected chi connectivity index (χ3v) is 3.92. The molecule has 1 aromatic carbocycles. The maximum absolute atomic E-state index is 13.6. The van der Waals surface area contributed by atoms with Gasteiger partial charge in [-0.3, -0.25) is 9.52 Å². The van der Waals surface area contributed by atoms with Crippen molar-refractivity contribution in [2.45, 2.75) is 11.8 Å². The number of sulfonamides is 1. The summed E-state index contributed by atoms with van der Waals surface area (Å²) in [7, 11) is -4.11. The molecule has 2 rings (SSSR count). The molecule has 0 aliphatic heterocycles. The van der Waals surface area contributed by atoms with Gasteiger partial charge in [-0.05, 0) is 24.6 Å². The number of nitrogens with one attached hydrogen (secondary N) is 2. The monoisotopic (exact) mass is 300 g/mol. The van der Waals surface area contributed by atoms with E-state index in [1.54, 1.807) is 0 Å². The molecule has 0 atom stereocenters. The molecule has 0 radical (unpaired) electrons. The van der Waals surface area contributed by atoms with Crippen LogP contribution in [0.25, 0.3) is 0 Å². The topological polar surface area (TPSA) is 79.0 Å². The summed E-state index contributed by atoms with van der Waals surface area (Å²) >= 11 is 0. The van der Waals surface area contributed by atoms with Gasteiger partial charge in [-0.2, -0.15) is 0 Å². The Morgan fingerprint density at radius 1 is 1.15 bits per heavy atom. The normalized spacial score (nSPS) is 11.3. The van der Waals surface area contributed by atoms with Crippen molar-refractivity contribution < 1.29 is 17.2 Å². The molecule has 2 aromatic rings. The summed E-state index contributed by atoms with van der Waals surface area (Å²) in [5.41, 5.74) is -0.912. The Labute approximate surface area is 113 Å². The van der Waals surface area contributed by atoms with E-state index in [1.807, 2.05) is 4.72 Å². The van der Waals surface area contributed by atoms with Crippen molar-refractivity contribution in [1.29, 1.82) is 0 Å². The summed E-state index contributed by atoms with van der Waals surface area (Å²) in [5.74, 6) is -1.62. The van der Waals surface area contributed by atoms with E-state index < -0.39 is 32.9 Å². The van der Waals surface area contributed by atoms with Crippen molar-refractivity contribution in [2.75, 3.05) is 4.72 Å². The van der Waals surface area contributed by atoms with E-state index in [0.29, 0.717) is 0 Å². The predicted molar refractivity (Wildman–Crippen MR) is 69.0 cm³/mol. The fourth-order valence-electron chi connectivity index (χ4n) is 1.49. The lowest BCUT2D eigenvalue weighted by molar-refractivity contribution is 0.590. The number of pyridine rings is 1. The molecule has 2 N–H and O–H groups in total. The lowest BCUT2D eigenvalue weighted by atomic mass is 10.2. The maximum Gasteiger partial charge on any atom is 0.263 e. The summed E-state index contributed by atoms with van der Waals surface area (Å²) in [6.45, 7) is 1.36. The number of hydrogen-bond acceptors (Lipinski definition) is 3. The Kier molecular flexibility index (Phi) is 3.58. The van der Waals surface area contributed by atoms with E-state index in [2.05, 4.69) is 4.98 Å². The summed E-state index contributed by atoms with van der Waals surface area (Å²) in [5, 5.41) is 0. The minimum Gasteiger partial charge on any atom is -0.328 e. The van der Waals surface area contributed by atoms with Crippen molar-refractivity contribution >= 4 is 15.7 Å². The number of aromatic nitrogens is 1.